The van der Waals surface area contributed by atoms with Crippen LogP contribution in [0.3, 0.4) is 0 Å². The van der Waals surface area contributed by atoms with Crippen LogP contribution < -0.4 is 5.32 Å². The maximum Gasteiger partial charge on any atom is 0.287 e. The Kier molecular flexibility index (Phi) is 3.62. The van der Waals surface area contributed by atoms with Crippen molar-refractivity contribution < 1.29 is 23.4 Å². The summed E-state index contributed by atoms with van der Waals surface area (Å²) in [5.74, 6) is -0.465. The summed E-state index contributed by atoms with van der Waals surface area (Å²) in [6, 6.07) is 4.12. The first-order valence-electron chi connectivity index (χ1n) is 8.26. The molecule has 1 spiro atoms. The van der Waals surface area contributed by atoms with Crippen LogP contribution in [0.2, 0.25) is 0 Å². The van der Waals surface area contributed by atoms with E-state index in [1.165, 1.54) is 18.2 Å². The molecular weight excluding hydrogens is 313 g/mol. The molecule has 2 atom stereocenters. The number of hydrogen-bond donors (Lipinski definition) is 2. The van der Waals surface area contributed by atoms with Crippen molar-refractivity contribution >= 4 is 16.9 Å². The van der Waals surface area contributed by atoms with Crippen LogP contribution in [0, 0.1) is 18.2 Å². The Bertz CT molecular complexity index is 794. The van der Waals surface area contributed by atoms with Crippen molar-refractivity contribution in [1.29, 1.82) is 0 Å². The van der Waals surface area contributed by atoms with Crippen molar-refractivity contribution in [3.63, 3.8) is 0 Å². The molecule has 1 aliphatic heterocycles. The Hall–Kier alpha value is -1.92. The molecule has 4 rings (SSSR count). The van der Waals surface area contributed by atoms with Crippen LogP contribution in [0.1, 0.15) is 35.4 Å². The van der Waals surface area contributed by atoms with Gasteiger partial charge in [0.25, 0.3) is 5.91 Å². The van der Waals surface area contributed by atoms with Crippen molar-refractivity contribution in [3.8, 4) is 0 Å². The summed E-state index contributed by atoms with van der Waals surface area (Å²) in [6.45, 7) is 2.96. The average molecular weight is 333 g/mol. The van der Waals surface area contributed by atoms with Crippen molar-refractivity contribution in [3.05, 3.63) is 35.3 Å². The zero-order chi connectivity index (χ0) is 16.9. The molecule has 1 aromatic heterocycles. The summed E-state index contributed by atoms with van der Waals surface area (Å²) in [6.07, 6.45) is 1.62. The van der Waals surface area contributed by atoms with Crippen LogP contribution in [0.4, 0.5) is 4.39 Å². The zero-order valence-corrected chi connectivity index (χ0v) is 13.5. The van der Waals surface area contributed by atoms with Gasteiger partial charge in [-0.3, -0.25) is 4.79 Å². The minimum atomic E-state index is -0.405. The maximum absolute atomic E-state index is 13.4. The molecule has 0 bridgehead atoms. The highest BCUT2D eigenvalue weighted by Gasteiger charge is 2.55. The third-order valence-electron chi connectivity index (χ3n) is 5.65. The third kappa shape index (κ3) is 2.24. The maximum atomic E-state index is 13.4. The Balaban J connectivity index is 1.57. The van der Waals surface area contributed by atoms with Gasteiger partial charge in [0, 0.05) is 35.6 Å². The molecule has 1 aliphatic carbocycles. The van der Waals surface area contributed by atoms with E-state index < -0.39 is 6.10 Å². The summed E-state index contributed by atoms with van der Waals surface area (Å²) in [4.78, 5) is 12.6. The number of aliphatic hydroxyl groups is 1. The van der Waals surface area contributed by atoms with Crippen molar-refractivity contribution in [2.75, 3.05) is 13.2 Å². The van der Waals surface area contributed by atoms with Gasteiger partial charge < -0.3 is 19.6 Å². The minimum Gasteiger partial charge on any atom is -0.451 e. The molecule has 2 heterocycles. The van der Waals surface area contributed by atoms with Gasteiger partial charge in [-0.15, -0.1) is 0 Å². The number of aryl methyl sites for hydroxylation is 1. The van der Waals surface area contributed by atoms with Crippen LogP contribution in [-0.2, 0) is 4.74 Å². The van der Waals surface area contributed by atoms with E-state index in [1.807, 2.05) is 0 Å². The number of halogens is 1. The second-order valence-corrected chi connectivity index (χ2v) is 6.82. The molecule has 1 amide bonds. The monoisotopic (exact) mass is 333 g/mol. The first kappa shape index (κ1) is 15.6. The number of nitrogens with one attached hydrogen (secondary N) is 1. The third-order valence-corrected chi connectivity index (χ3v) is 5.65. The molecule has 2 aromatic rings. The van der Waals surface area contributed by atoms with Gasteiger partial charge in [0.2, 0.25) is 0 Å². The number of fused-ring (bicyclic) bond motifs is 1. The molecule has 5 nitrogen and oxygen atoms in total. The number of carbonyl (C=O) groups is 1. The number of carbonyl (C=O) groups excluding carboxylic acids is 1. The molecule has 6 heteroatoms. The van der Waals surface area contributed by atoms with E-state index in [9.17, 15) is 14.3 Å². The van der Waals surface area contributed by atoms with Gasteiger partial charge in [0.15, 0.2) is 5.76 Å². The van der Waals surface area contributed by atoms with Crippen molar-refractivity contribution in [1.82, 2.24) is 5.32 Å². The predicted octanol–water partition coefficient (Wildman–Crippen LogP) is 2.54. The molecular formula is C18H20FNO4. The van der Waals surface area contributed by atoms with E-state index in [4.69, 9.17) is 9.15 Å². The highest BCUT2D eigenvalue weighted by molar-refractivity contribution is 5.99. The molecule has 2 aliphatic rings. The fraction of sp³-hybridized carbons (Fsp3) is 0.500. The predicted molar refractivity (Wildman–Crippen MR) is 85.3 cm³/mol. The molecule has 1 aromatic carbocycles. The molecule has 2 fully saturated rings. The highest BCUT2D eigenvalue weighted by Crippen LogP contribution is 2.49. The smallest absolute Gasteiger partial charge is 0.287 e. The largest absolute Gasteiger partial charge is 0.451 e. The number of amides is 1. The molecule has 0 unspecified atom stereocenters. The topological polar surface area (TPSA) is 71.7 Å². The number of furan rings is 1. The van der Waals surface area contributed by atoms with Gasteiger partial charge in [0.1, 0.15) is 11.4 Å². The quantitative estimate of drug-likeness (QED) is 0.886. The lowest BCUT2D eigenvalue weighted by atomic mass is 9.58. The Morgan fingerprint density at radius 2 is 2.12 bits per heavy atom. The van der Waals surface area contributed by atoms with Gasteiger partial charge in [-0.05, 0) is 44.4 Å². The van der Waals surface area contributed by atoms with Crippen LogP contribution >= 0.6 is 0 Å². The molecule has 128 valence electrons. The zero-order valence-electron chi connectivity index (χ0n) is 13.5. The number of rotatable bonds is 2. The molecule has 1 saturated carbocycles. The van der Waals surface area contributed by atoms with Crippen LogP contribution in [-0.4, -0.2) is 36.4 Å². The van der Waals surface area contributed by atoms with E-state index in [0.29, 0.717) is 36.2 Å². The SMILES string of the molecule is Cc1c(C(=O)N[C@@H]2C[C@@H](O)C23CCOCC3)oc2ccc(F)cc12. The summed E-state index contributed by atoms with van der Waals surface area (Å²) in [5, 5.41) is 13.8. The lowest BCUT2D eigenvalue weighted by Gasteiger charge is -2.55. The molecule has 0 radical (unpaired) electrons. The average Bonchev–Trinajstić information content (AvgIpc) is 2.92. The minimum absolute atomic E-state index is 0.0896. The van der Waals surface area contributed by atoms with E-state index in [0.717, 1.165) is 12.8 Å². The Morgan fingerprint density at radius 1 is 1.38 bits per heavy atom. The second-order valence-electron chi connectivity index (χ2n) is 6.82. The fourth-order valence-electron chi connectivity index (χ4n) is 4.03. The van der Waals surface area contributed by atoms with E-state index in [2.05, 4.69) is 5.32 Å². The van der Waals surface area contributed by atoms with Gasteiger partial charge >= 0.3 is 0 Å². The van der Waals surface area contributed by atoms with Gasteiger partial charge in [-0.1, -0.05) is 0 Å². The highest BCUT2D eigenvalue weighted by atomic mass is 19.1. The number of benzene rings is 1. The Labute approximate surface area is 138 Å². The summed E-state index contributed by atoms with van der Waals surface area (Å²) in [5.41, 5.74) is 0.830. The van der Waals surface area contributed by atoms with Gasteiger partial charge in [-0.25, -0.2) is 4.39 Å². The van der Waals surface area contributed by atoms with E-state index >= 15 is 0 Å². The number of ether oxygens (including phenoxy) is 1. The van der Waals surface area contributed by atoms with Crippen LogP contribution in [0.25, 0.3) is 11.0 Å². The van der Waals surface area contributed by atoms with Gasteiger partial charge in [0.05, 0.1) is 6.10 Å². The van der Waals surface area contributed by atoms with Gasteiger partial charge in [-0.2, -0.15) is 0 Å². The first-order chi connectivity index (χ1) is 11.5. The van der Waals surface area contributed by atoms with E-state index in [-0.39, 0.29) is 28.9 Å². The summed E-state index contributed by atoms with van der Waals surface area (Å²) >= 11 is 0. The Morgan fingerprint density at radius 3 is 2.83 bits per heavy atom. The lowest BCUT2D eigenvalue weighted by Crippen LogP contribution is -2.65. The van der Waals surface area contributed by atoms with E-state index in [1.54, 1.807) is 6.92 Å². The standard InChI is InChI=1S/C18H20FNO4/c1-10-12-8-11(19)2-3-13(12)24-16(10)17(22)20-14-9-15(21)18(14)4-6-23-7-5-18/h2-3,8,14-15,21H,4-7,9H2,1H3,(H,20,22)/t14-,15-/m1/s1. The number of aliphatic hydroxyl groups excluding tert-OH is 1. The van der Waals surface area contributed by atoms with Crippen LogP contribution in [0.5, 0.6) is 0 Å². The fourth-order valence-corrected chi connectivity index (χ4v) is 4.03. The molecule has 1 saturated heterocycles. The molecule has 2 N–H and O–H groups in total. The summed E-state index contributed by atoms with van der Waals surface area (Å²) < 4.78 is 24.4. The van der Waals surface area contributed by atoms with Crippen molar-refractivity contribution in [2.24, 2.45) is 5.41 Å². The van der Waals surface area contributed by atoms with Crippen LogP contribution in [0.15, 0.2) is 22.6 Å². The van der Waals surface area contributed by atoms with Crippen molar-refractivity contribution in [2.45, 2.75) is 38.3 Å². The number of hydrogen-bond acceptors (Lipinski definition) is 4. The normalized spacial score (nSPS) is 25.6. The molecule has 24 heavy (non-hydrogen) atoms. The second kappa shape index (κ2) is 5.57. The first-order valence-corrected chi connectivity index (χ1v) is 8.26. The summed E-state index contributed by atoms with van der Waals surface area (Å²) in [7, 11) is 0. The lowest BCUT2D eigenvalue weighted by molar-refractivity contribution is -0.145.